The van der Waals surface area contributed by atoms with Gasteiger partial charge in [0.2, 0.25) is 5.91 Å². The van der Waals surface area contributed by atoms with Gasteiger partial charge in [0.05, 0.1) is 25.0 Å². The number of carbonyl (C=O) groups is 2. The second-order valence-corrected chi connectivity index (χ2v) is 5.53. The number of aromatic nitrogens is 3. The van der Waals surface area contributed by atoms with E-state index >= 15 is 0 Å². The summed E-state index contributed by atoms with van der Waals surface area (Å²) in [5.41, 5.74) is 0.822. The molecule has 8 nitrogen and oxygen atoms in total. The topological polar surface area (TPSA) is 103 Å². The number of aryl methyl sites for hydroxylation is 1. The number of amides is 1. The van der Waals surface area contributed by atoms with E-state index in [1.165, 1.54) is 28.3 Å². The number of nitrogens with one attached hydrogen (secondary N) is 1. The van der Waals surface area contributed by atoms with Crippen LogP contribution in [-0.2, 0) is 27.3 Å². The van der Waals surface area contributed by atoms with Gasteiger partial charge in [0, 0.05) is 17.1 Å². The van der Waals surface area contributed by atoms with Crippen LogP contribution < -0.4 is 10.9 Å². The molecule has 1 N–H and O–H groups in total. The number of hydrogen-bond acceptors (Lipinski definition) is 7. The number of carbonyl (C=O) groups excluding carboxylic acids is 2. The minimum absolute atomic E-state index is 0.0571. The molecule has 2 heterocycles. The monoisotopic (exact) mass is 336 g/mol. The number of nitrogens with zero attached hydrogens (tertiary/aromatic N) is 3. The average molecular weight is 336 g/mol. The Kier molecular flexibility index (Phi) is 5.58. The van der Waals surface area contributed by atoms with E-state index in [2.05, 4.69) is 15.3 Å². The lowest BCUT2D eigenvalue weighted by Crippen LogP contribution is -2.27. The van der Waals surface area contributed by atoms with Gasteiger partial charge in [-0.1, -0.05) is 0 Å². The summed E-state index contributed by atoms with van der Waals surface area (Å²) >= 11 is 1.20. The highest BCUT2D eigenvalue weighted by Gasteiger charge is 2.11. The van der Waals surface area contributed by atoms with Crippen LogP contribution in [-0.4, -0.2) is 33.0 Å². The maximum atomic E-state index is 11.9. The summed E-state index contributed by atoms with van der Waals surface area (Å²) in [5, 5.41) is 4.62. The van der Waals surface area contributed by atoms with Crippen LogP contribution in [0.2, 0.25) is 0 Å². The van der Waals surface area contributed by atoms with Crippen molar-refractivity contribution in [3.63, 3.8) is 0 Å². The van der Waals surface area contributed by atoms with Crippen molar-refractivity contribution in [3.8, 4) is 0 Å². The molecule has 2 aromatic heterocycles. The molecule has 122 valence electrons. The Morgan fingerprint density at radius 3 is 2.91 bits per heavy atom. The highest BCUT2D eigenvalue weighted by molar-refractivity contribution is 7.13. The Morgan fingerprint density at radius 2 is 2.22 bits per heavy atom. The first-order valence-corrected chi connectivity index (χ1v) is 7.79. The van der Waals surface area contributed by atoms with Gasteiger partial charge in [-0.2, -0.15) is 0 Å². The lowest BCUT2D eigenvalue weighted by atomic mass is 10.3. The molecule has 0 saturated carbocycles. The third kappa shape index (κ3) is 4.99. The number of esters is 1. The predicted octanol–water partition coefficient (Wildman–Crippen LogP) is 0.753. The van der Waals surface area contributed by atoms with E-state index in [9.17, 15) is 14.4 Å². The maximum Gasteiger partial charge on any atom is 0.311 e. The number of anilines is 1. The Bertz CT molecular complexity index is 768. The lowest BCUT2D eigenvalue weighted by Gasteiger charge is -2.04. The second-order valence-electron chi connectivity index (χ2n) is 4.67. The smallest absolute Gasteiger partial charge is 0.311 e. The summed E-state index contributed by atoms with van der Waals surface area (Å²) in [6.45, 7) is 3.59. The van der Waals surface area contributed by atoms with Crippen LogP contribution in [0.4, 0.5) is 5.13 Å². The van der Waals surface area contributed by atoms with Gasteiger partial charge < -0.3 is 10.1 Å². The van der Waals surface area contributed by atoms with E-state index < -0.39 is 5.91 Å². The SMILES string of the molecule is CCOC(=O)Cc1csc(NC(=O)Cn2cnc(C)cc2=O)n1. The summed E-state index contributed by atoms with van der Waals surface area (Å²) in [6.07, 6.45) is 1.38. The van der Waals surface area contributed by atoms with Crippen LogP contribution in [0, 0.1) is 6.92 Å². The molecule has 1 amide bonds. The van der Waals surface area contributed by atoms with Gasteiger partial charge in [-0.05, 0) is 13.8 Å². The first-order chi connectivity index (χ1) is 11.0. The van der Waals surface area contributed by atoms with E-state index in [1.54, 1.807) is 19.2 Å². The van der Waals surface area contributed by atoms with E-state index in [-0.39, 0.29) is 24.5 Å². The Morgan fingerprint density at radius 1 is 1.43 bits per heavy atom. The van der Waals surface area contributed by atoms with E-state index in [1.807, 2.05) is 0 Å². The molecule has 0 aromatic carbocycles. The fourth-order valence-electron chi connectivity index (χ4n) is 1.75. The third-order valence-electron chi connectivity index (χ3n) is 2.76. The van der Waals surface area contributed by atoms with Crippen molar-refractivity contribution in [2.75, 3.05) is 11.9 Å². The maximum absolute atomic E-state index is 11.9. The third-order valence-corrected chi connectivity index (χ3v) is 3.57. The summed E-state index contributed by atoms with van der Waals surface area (Å²) in [5.74, 6) is -0.761. The van der Waals surface area contributed by atoms with Crippen molar-refractivity contribution in [2.24, 2.45) is 0 Å². The zero-order chi connectivity index (χ0) is 16.8. The van der Waals surface area contributed by atoms with Crippen LogP contribution in [0.15, 0.2) is 22.6 Å². The molecule has 23 heavy (non-hydrogen) atoms. The van der Waals surface area contributed by atoms with E-state index in [4.69, 9.17) is 4.74 Å². The number of ether oxygens (including phenoxy) is 1. The summed E-state index contributed by atoms with van der Waals surface area (Å²) in [6, 6.07) is 1.36. The van der Waals surface area contributed by atoms with Crippen molar-refractivity contribution < 1.29 is 14.3 Å². The van der Waals surface area contributed by atoms with Gasteiger partial charge in [-0.25, -0.2) is 9.97 Å². The van der Waals surface area contributed by atoms with Crippen molar-refractivity contribution in [2.45, 2.75) is 26.8 Å². The number of thiazole rings is 1. The molecular formula is C14H16N4O4S. The molecule has 0 saturated heterocycles. The van der Waals surface area contributed by atoms with Gasteiger partial charge in [0.1, 0.15) is 6.54 Å². The fraction of sp³-hybridized carbons (Fsp3) is 0.357. The van der Waals surface area contributed by atoms with Crippen LogP contribution in [0.5, 0.6) is 0 Å². The molecule has 0 aliphatic heterocycles. The highest BCUT2D eigenvalue weighted by Crippen LogP contribution is 2.16. The fourth-order valence-corrected chi connectivity index (χ4v) is 2.48. The standard InChI is InChI=1S/C14H16N4O4S/c1-3-22-13(21)5-10-7-23-14(16-10)17-11(19)6-18-8-15-9(2)4-12(18)20/h4,7-8H,3,5-6H2,1-2H3,(H,16,17,19). The van der Waals surface area contributed by atoms with E-state index in [0.29, 0.717) is 23.1 Å². The molecule has 2 rings (SSSR count). The first kappa shape index (κ1) is 16.8. The lowest BCUT2D eigenvalue weighted by molar-refractivity contribution is -0.142. The van der Waals surface area contributed by atoms with Crippen LogP contribution in [0.1, 0.15) is 18.3 Å². The normalized spacial score (nSPS) is 10.3. The molecule has 0 radical (unpaired) electrons. The van der Waals surface area contributed by atoms with Crippen LogP contribution >= 0.6 is 11.3 Å². The molecule has 0 atom stereocenters. The zero-order valence-electron chi connectivity index (χ0n) is 12.7. The molecule has 0 bridgehead atoms. The molecule has 0 spiro atoms. The molecule has 0 aliphatic carbocycles. The zero-order valence-corrected chi connectivity index (χ0v) is 13.6. The molecule has 0 fully saturated rings. The van der Waals surface area contributed by atoms with Crippen molar-refractivity contribution >= 4 is 28.3 Å². The molecule has 0 unspecified atom stereocenters. The first-order valence-electron chi connectivity index (χ1n) is 6.91. The summed E-state index contributed by atoms with van der Waals surface area (Å²) < 4.78 is 6.04. The van der Waals surface area contributed by atoms with Crippen LogP contribution in [0.25, 0.3) is 0 Å². The molecular weight excluding hydrogens is 320 g/mol. The largest absolute Gasteiger partial charge is 0.466 e. The summed E-state index contributed by atoms with van der Waals surface area (Å²) in [4.78, 5) is 43.1. The molecule has 2 aromatic rings. The quantitative estimate of drug-likeness (QED) is 0.781. The second kappa shape index (κ2) is 7.63. The number of rotatable bonds is 6. The van der Waals surface area contributed by atoms with Gasteiger partial charge in [-0.15, -0.1) is 11.3 Å². The summed E-state index contributed by atoms with van der Waals surface area (Å²) in [7, 11) is 0. The van der Waals surface area contributed by atoms with Crippen molar-refractivity contribution in [3.05, 3.63) is 39.5 Å². The van der Waals surface area contributed by atoms with Crippen LogP contribution in [0.3, 0.4) is 0 Å². The van der Waals surface area contributed by atoms with Gasteiger partial charge in [0.25, 0.3) is 5.56 Å². The van der Waals surface area contributed by atoms with Gasteiger partial charge >= 0.3 is 5.97 Å². The van der Waals surface area contributed by atoms with E-state index in [0.717, 1.165) is 0 Å². The minimum Gasteiger partial charge on any atom is -0.466 e. The van der Waals surface area contributed by atoms with Gasteiger partial charge in [-0.3, -0.25) is 19.0 Å². The minimum atomic E-state index is -0.394. The molecule has 0 aliphatic rings. The predicted molar refractivity (Wildman–Crippen MR) is 84.3 cm³/mol. The Balaban J connectivity index is 1.94. The highest BCUT2D eigenvalue weighted by atomic mass is 32.1. The Hall–Kier alpha value is -2.55. The van der Waals surface area contributed by atoms with Crippen molar-refractivity contribution in [1.29, 1.82) is 0 Å². The van der Waals surface area contributed by atoms with Crippen molar-refractivity contribution in [1.82, 2.24) is 14.5 Å². The Labute approximate surface area is 136 Å². The molecule has 9 heteroatoms. The average Bonchev–Trinajstić information content (AvgIpc) is 2.89. The van der Waals surface area contributed by atoms with Gasteiger partial charge in [0.15, 0.2) is 5.13 Å². The number of hydrogen-bond donors (Lipinski definition) is 1.